The maximum atomic E-state index is 13.4. The van der Waals surface area contributed by atoms with Crippen molar-refractivity contribution < 1.29 is 9.18 Å². The SMILES string of the molecule is O=C(Nc1ccc2nncn2c1)Nc1ccccc1F. The summed E-state index contributed by atoms with van der Waals surface area (Å²) in [6.07, 6.45) is 3.19. The lowest BCUT2D eigenvalue weighted by molar-refractivity contribution is 0.262. The number of amides is 2. The summed E-state index contributed by atoms with van der Waals surface area (Å²) >= 11 is 0. The van der Waals surface area contributed by atoms with Crippen LogP contribution in [0.15, 0.2) is 48.9 Å². The first-order valence-corrected chi connectivity index (χ1v) is 5.84. The number of para-hydroxylation sites is 1. The van der Waals surface area contributed by atoms with E-state index in [1.165, 1.54) is 18.5 Å². The van der Waals surface area contributed by atoms with E-state index < -0.39 is 11.8 Å². The molecule has 6 nitrogen and oxygen atoms in total. The van der Waals surface area contributed by atoms with Crippen molar-refractivity contribution in [3.05, 3.63) is 54.7 Å². The van der Waals surface area contributed by atoms with Gasteiger partial charge in [-0.25, -0.2) is 9.18 Å². The van der Waals surface area contributed by atoms with Crippen molar-refractivity contribution in [3.63, 3.8) is 0 Å². The highest BCUT2D eigenvalue weighted by Crippen LogP contribution is 2.14. The summed E-state index contributed by atoms with van der Waals surface area (Å²) in [4.78, 5) is 11.8. The van der Waals surface area contributed by atoms with Crippen LogP contribution in [0.2, 0.25) is 0 Å². The van der Waals surface area contributed by atoms with Crippen LogP contribution in [-0.4, -0.2) is 20.6 Å². The molecule has 0 aliphatic carbocycles. The van der Waals surface area contributed by atoms with Gasteiger partial charge in [-0.05, 0) is 24.3 Å². The fraction of sp³-hybridized carbons (Fsp3) is 0. The third-order valence-corrected chi connectivity index (χ3v) is 2.67. The van der Waals surface area contributed by atoms with E-state index in [9.17, 15) is 9.18 Å². The highest BCUT2D eigenvalue weighted by atomic mass is 19.1. The van der Waals surface area contributed by atoms with Crippen LogP contribution in [0, 0.1) is 5.82 Å². The molecule has 0 atom stereocenters. The molecular weight excluding hydrogens is 261 g/mol. The highest BCUT2D eigenvalue weighted by molar-refractivity contribution is 5.99. The van der Waals surface area contributed by atoms with Crippen LogP contribution in [-0.2, 0) is 0 Å². The van der Waals surface area contributed by atoms with E-state index in [1.807, 2.05) is 0 Å². The fourth-order valence-corrected chi connectivity index (χ4v) is 1.75. The van der Waals surface area contributed by atoms with Crippen LogP contribution in [0.5, 0.6) is 0 Å². The number of anilines is 2. The molecule has 2 amide bonds. The summed E-state index contributed by atoms with van der Waals surface area (Å²) in [6, 6.07) is 8.83. The third kappa shape index (κ3) is 2.41. The molecule has 20 heavy (non-hydrogen) atoms. The van der Waals surface area contributed by atoms with Gasteiger partial charge in [0.05, 0.1) is 11.4 Å². The molecule has 0 bridgehead atoms. The average molecular weight is 271 g/mol. The second-order valence-electron chi connectivity index (χ2n) is 4.07. The summed E-state index contributed by atoms with van der Waals surface area (Å²) in [6.45, 7) is 0. The number of hydrogen-bond donors (Lipinski definition) is 2. The number of nitrogens with zero attached hydrogens (tertiary/aromatic N) is 3. The maximum Gasteiger partial charge on any atom is 0.323 e. The molecule has 1 aromatic carbocycles. The molecule has 0 aliphatic rings. The van der Waals surface area contributed by atoms with E-state index in [1.54, 1.807) is 34.9 Å². The van der Waals surface area contributed by atoms with Crippen molar-refractivity contribution in [3.8, 4) is 0 Å². The van der Waals surface area contributed by atoms with Crippen LogP contribution in [0.4, 0.5) is 20.6 Å². The molecule has 0 unspecified atom stereocenters. The lowest BCUT2D eigenvalue weighted by Gasteiger charge is -2.08. The van der Waals surface area contributed by atoms with Crippen molar-refractivity contribution in [2.24, 2.45) is 0 Å². The van der Waals surface area contributed by atoms with Crippen molar-refractivity contribution >= 4 is 23.1 Å². The second kappa shape index (κ2) is 4.96. The standard InChI is InChI=1S/C13H10FN5O/c14-10-3-1-2-4-11(10)17-13(20)16-9-5-6-12-18-15-8-19(12)7-9/h1-8H,(H2,16,17,20). The monoisotopic (exact) mass is 271 g/mol. The van der Waals surface area contributed by atoms with E-state index in [-0.39, 0.29) is 5.69 Å². The van der Waals surface area contributed by atoms with E-state index in [2.05, 4.69) is 20.8 Å². The number of pyridine rings is 1. The van der Waals surface area contributed by atoms with Crippen LogP contribution >= 0.6 is 0 Å². The zero-order valence-corrected chi connectivity index (χ0v) is 10.2. The molecule has 0 saturated carbocycles. The molecule has 3 rings (SSSR count). The van der Waals surface area contributed by atoms with E-state index in [0.29, 0.717) is 11.3 Å². The summed E-state index contributed by atoms with van der Waals surface area (Å²) in [5.41, 5.74) is 1.34. The first kappa shape index (κ1) is 12.1. The number of carbonyl (C=O) groups excluding carboxylic acids is 1. The minimum Gasteiger partial charge on any atom is -0.306 e. The van der Waals surface area contributed by atoms with Gasteiger partial charge in [0.1, 0.15) is 12.1 Å². The predicted octanol–water partition coefficient (Wildman–Crippen LogP) is 2.51. The van der Waals surface area contributed by atoms with Crippen LogP contribution in [0.1, 0.15) is 0 Å². The first-order chi connectivity index (χ1) is 9.72. The summed E-state index contributed by atoms with van der Waals surface area (Å²) < 4.78 is 15.1. The van der Waals surface area contributed by atoms with Crippen molar-refractivity contribution in [2.75, 3.05) is 10.6 Å². The number of benzene rings is 1. The average Bonchev–Trinajstić information content (AvgIpc) is 2.89. The Morgan fingerprint density at radius 2 is 2.00 bits per heavy atom. The number of nitrogens with one attached hydrogen (secondary N) is 2. The molecule has 2 aromatic heterocycles. The van der Waals surface area contributed by atoms with Crippen LogP contribution in [0.3, 0.4) is 0 Å². The number of hydrogen-bond acceptors (Lipinski definition) is 3. The molecule has 0 fully saturated rings. The minimum absolute atomic E-state index is 0.121. The molecule has 0 aliphatic heterocycles. The topological polar surface area (TPSA) is 71.3 Å². The number of aromatic nitrogens is 3. The number of carbonyl (C=O) groups is 1. The molecule has 7 heteroatoms. The van der Waals surface area contributed by atoms with Gasteiger partial charge in [-0.15, -0.1) is 10.2 Å². The zero-order valence-electron chi connectivity index (χ0n) is 10.2. The molecule has 0 saturated heterocycles. The Hall–Kier alpha value is -2.96. The summed E-state index contributed by atoms with van der Waals surface area (Å²) in [5.74, 6) is -0.489. The smallest absolute Gasteiger partial charge is 0.306 e. The van der Waals surface area contributed by atoms with Crippen LogP contribution in [0.25, 0.3) is 5.65 Å². The minimum atomic E-state index is -0.525. The number of halogens is 1. The number of urea groups is 1. The molecule has 2 heterocycles. The largest absolute Gasteiger partial charge is 0.323 e. The quantitative estimate of drug-likeness (QED) is 0.752. The Morgan fingerprint density at radius 1 is 1.15 bits per heavy atom. The molecule has 3 aromatic rings. The lowest BCUT2D eigenvalue weighted by Crippen LogP contribution is -2.20. The van der Waals surface area contributed by atoms with Gasteiger partial charge in [-0.3, -0.25) is 4.40 Å². The molecule has 2 N–H and O–H groups in total. The van der Waals surface area contributed by atoms with Gasteiger partial charge >= 0.3 is 6.03 Å². The number of fused-ring (bicyclic) bond motifs is 1. The normalized spacial score (nSPS) is 10.4. The van der Waals surface area contributed by atoms with Gasteiger partial charge in [-0.2, -0.15) is 0 Å². The van der Waals surface area contributed by atoms with Crippen molar-refractivity contribution in [2.45, 2.75) is 0 Å². The Labute approximate surface area is 113 Å². The van der Waals surface area contributed by atoms with E-state index in [4.69, 9.17) is 0 Å². The third-order valence-electron chi connectivity index (χ3n) is 2.67. The summed E-state index contributed by atoms with van der Waals surface area (Å²) in [5, 5.41) is 12.6. The molecule has 0 spiro atoms. The highest BCUT2D eigenvalue weighted by Gasteiger charge is 2.06. The Morgan fingerprint density at radius 3 is 2.85 bits per heavy atom. The zero-order chi connectivity index (χ0) is 13.9. The van der Waals surface area contributed by atoms with E-state index >= 15 is 0 Å². The summed E-state index contributed by atoms with van der Waals surface area (Å²) in [7, 11) is 0. The van der Waals surface area contributed by atoms with Gasteiger partial charge in [-0.1, -0.05) is 12.1 Å². The Bertz CT molecular complexity index is 770. The van der Waals surface area contributed by atoms with Crippen LogP contribution < -0.4 is 10.6 Å². The lowest BCUT2D eigenvalue weighted by atomic mass is 10.3. The number of rotatable bonds is 2. The van der Waals surface area contributed by atoms with E-state index in [0.717, 1.165) is 0 Å². The van der Waals surface area contributed by atoms with Gasteiger partial charge in [0.25, 0.3) is 0 Å². The predicted molar refractivity (Wildman–Crippen MR) is 72.0 cm³/mol. The molecule has 100 valence electrons. The van der Waals surface area contributed by atoms with Gasteiger partial charge < -0.3 is 10.6 Å². The van der Waals surface area contributed by atoms with Crippen molar-refractivity contribution in [1.82, 2.24) is 14.6 Å². The fourth-order valence-electron chi connectivity index (χ4n) is 1.75. The first-order valence-electron chi connectivity index (χ1n) is 5.84. The Balaban J connectivity index is 1.74. The molecular formula is C13H10FN5O. The van der Waals surface area contributed by atoms with Gasteiger partial charge in [0.15, 0.2) is 5.65 Å². The second-order valence-corrected chi connectivity index (χ2v) is 4.07. The Kier molecular flexibility index (Phi) is 3.00. The van der Waals surface area contributed by atoms with Gasteiger partial charge in [0, 0.05) is 6.20 Å². The molecule has 0 radical (unpaired) electrons. The van der Waals surface area contributed by atoms with Gasteiger partial charge in [0.2, 0.25) is 0 Å². The maximum absolute atomic E-state index is 13.4. The van der Waals surface area contributed by atoms with Crippen molar-refractivity contribution in [1.29, 1.82) is 0 Å².